The van der Waals surface area contributed by atoms with E-state index in [4.69, 9.17) is 0 Å². The van der Waals surface area contributed by atoms with Gasteiger partial charge in [-0.15, -0.1) is 0 Å². The summed E-state index contributed by atoms with van der Waals surface area (Å²) in [5.74, 6) is 0.917. The van der Waals surface area contributed by atoms with Gasteiger partial charge >= 0.3 is 0 Å². The van der Waals surface area contributed by atoms with E-state index in [-0.39, 0.29) is 0 Å². The van der Waals surface area contributed by atoms with Crippen LogP contribution in [-0.4, -0.2) is 34.1 Å². The summed E-state index contributed by atoms with van der Waals surface area (Å²) in [5.41, 5.74) is 2.12. The minimum Gasteiger partial charge on any atom is -0.326 e. The van der Waals surface area contributed by atoms with Crippen LogP contribution in [0.3, 0.4) is 0 Å². The second kappa shape index (κ2) is 7.10. The molecule has 0 atom stereocenters. The third-order valence-corrected chi connectivity index (χ3v) is 3.48. The molecule has 108 valence electrons. The number of hydrogen-bond acceptors (Lipinski definition) is 3. The maximum Gasteiger partial charge on any atom is 0.207 e. The predicted octanol–water partition coefficient (Wildman–Crippen LogP) is 3.28. The van der Waals surface area contributed by atoms with Crippen LogP contribution in [0.25, 0.3) is 0 Å². The lowest BCUT2D eigenvalue weighted by molar-refractivity contribution is 0.291. The standard InChI is InChI=1S/C16H24N4/c1-4-19(5-2)11-12-20-13-14(3)17-16(20)18-15-9-7-6-8-10-15/h6-10,13H,4-5,11-12H2,1-3H3,(H,17,18). The molecule has 2 rings (SSSR count). The van der Waals surface area contributed by atoms with Gasteiger partial charge in [0.05, 0.1) is 5.69 Å². The van der Waals surface area contributed by atoms with Crippen molar-refractivity contribution < 1.29 is 0 Å². The zero-order chi connectivity index (χ0) is 14.4. The first-order valence-corrected chi connectivity index (χ1v) is 7.31. The SMILES string of the molecule is CCN(CC)CCn1cc(C)nc1Nc1ccccc1. The Morgan fingerprint density at radius 2 is 1.85 bits per heavy atom. The molecule has 1 aromatic heterocycles. The lowest BCUT2D eigenvalue weighted by Crippen LogP contribution is -2.27. The van der Waals surface area contributed by atoms with Crippen molar-refractivity contribution in [2.75, 3.05) is 25.0 Å². The van der Waals surface area contributed by atoms with Gasteiger partial charge < -0.3 is 14.8 Å². The van der Waals surface area contributed by atoms with E-state index >= 15 is 0 Å². The number of aromatic nitrogens is 2. The van der Waals surface area contributed by atoms with Crippen LogP contribution in [0.1, 0.15) is 19.5 Å². The third kappa shape index (κ3) is 3.84. The number of para-hydroxylation sites is 1. The zero-order valence-electron chi connectivity index (χ0n) is 12.6. The lowest BCUT2D eigenvalue weighted by atomic mass is 10.3. The molecular weight excluding hydrogens is 248 g/mol. The Morgan fingerprint density at radius 1 is 1.15 bits per heavy atom. The van der Waals surface area contributed by atoms with Crippen LogP contribution < -0.4 is 5.32 Å². The molecular formula is C16H24N4. The largest absolute Gasteiger partial charge is 0.326 e. The second-order valence-corrected chi connectivity index (χ2v) is 4.92. The first-order chi connectivity index (χ1) is 9.72. The Bertz CT molecular complexity index is 515. The molecule has 0 amide bonds. The fourth-order valence-corrected chi connectivity index (χ4v) is 2.26. The van der Waals surface area contributed by atoms with Crippen LogP contribution >= 0.6 is 0 Å². The number of likely N-dealkylation sites (N-methyl/N-ethyl adjacent to an activating group) is 1. The fourth-order valence-electron chi connectivity index (χ4n) is 2.26. The van der Waals surface area contributed by atoms with Crippen molar-refractivity contribution in [1.29, 1.82) is 0 Å². The number of imidazole rings is 1. The van der Waals surface area contributed by atoms with Crippen LogP contribution in [0.5, 0.6) is 0 Å². The quantitative estimate of drug-likeness (QED) is 0.839. The molecule has 4 heteroatoms. The monoisotopic (exact) mass is 272 g/mol. The van der Waals surface area contributed by atoms with Crippen molar-refractivity contribution in [3.63, 3.8) is 0 Å². The molecule has 2 aromatic rings. The Kier molecular flexibility index (Phi) is 5.18. The Balaban J connectivity index is 2.06. The fraction of sp³-hybridized carbons (Fsp3) is 0.438. The normalized spacial score (nSPS) is 11.0. The number of rotatable bonds is 7. The Labute approximate surface area is 121 Å². The molecule has 1 heterocycles. The molecule has 4 nitrogen and oxygen atoms in total. The first kappa shape index (κ1) is 14.6. The van der Waals surface area contributed by atoms with Gasteiger partial charge in [0, 0.05) is 25.0 Å². The lowest BCUT2D eigenvalue weighted by Gasteiger charge is -2.19. The second-order valence-electron chi connectivity index (χ2n) is 4.92. The molecule has 0 bridgehead atoms. The van der Waals surface area contributed by atoms with Gasteiger partial charge in [0.1, 0.15) is 0 Å². The van der Waals surface area contributed by atoms with Crippen LogP contribution in [0.2, 0.25) is 0 Å². The van der Waals surface area contributed by atoms with E-state index in [1.54, 1.807) is 0 Å². The van der Waals surface area contributed by atoms with Crippen LogP contribution in [-0.2, 0) is 6.54 Å². The Hall–Kier alpha value is -1.81. The number of hydrogen-bond donors (Lipinski definition) is 1. The maximum absolute atomic E-state index is 4.57. The van der Waals surface area contributed by atoms with E-state index in [0.717, 1.165) is 43.5 Å². The maximum atomic E-state index is 4.57. The molecule has 0 radical (unpaired) electrons. The first-order valence-electron chi connectivity index (χ1n) is 7.31. The summed E-state index contributed by atoms with van der Waals surface area (Å²) < 4.78 is 2.20. The van der Waals surface area contributed by atoms with Gasteiger partial charge in [0.25, 0.3) is 0 Å². The van der Waals surface area contributed by atoms with Crippen molar-refractivity contribution in [2.24, 2.45) is 0 Å². The summed E-state index contributed by atoms with van der Waals surface area (Å²) >= 11 is 0. The summed E-state index contributed by atoms with van der Waals surface area (Å²) in [7, 11) is 0. The van der Waals surface area contributed by atoms with Crippen LogP contribution in [0.4, 0.5) is 11.6 Å². The number of anilines is 2. The molecule has 0 saturated heterocycles. The van der Waals surface area contributed by atoms with E-state index in [1.807, 2.05) is 25.1 Å². The van der Waals surface area contributed by atoms with Crippen molar-refractivity contribution >= 4 is 11.6 Å². The van der Waals surface area contributed by atoms with Gasteiger partial charge in [0.2, 0.25) is 5.95 Å². The van der Waals surface area contributed by atoms with Gasteiger partial charge in [0.15, 0.2) is 0 Å². The number of nitrogens with one attached hydrogen (secondary N) is 1. The van der Waals surface area contributed by atoms with Gasteiger partial charge in [-0.05, 0) is 32.1 Å². The summed E-state index contributed by atoms with van der Waals surface area (Å²) in [5, 5.41) is 3.39. The number of aryl methyl sites for hydroxylation is 1. The zero-order valence-corrected chi connectivity index (χ0v) is 12.6. The van der Waals surface area contributed by atoms with Crippen LogP contribution in [0, 0.1) is 6.92 Å². The third-order valence-electron chi connectivity index (χ3n) is 3.48. The van der Waals surface area contributed by atoms with E-state index in [0.29, 0.717) is 0 Å². The smallest absolute Gasteiger partial charge is 0.207 e. The highest BCUT2D eigenvalue weighted by Crippen LogP contribution is 2.16. The average Bonchev–Trinajstić information content (AvgIpc) is 2.81. The molecule has 0 fully saturated rings. The average molecular weight is 272 g/mol. The van der Waals surface area contributed by atoms with Crippen molar-refractivity contribution in [3.05, 3.63) is 42.2 Å². The molecule has 20 heavy (non-hydrogen) atoms. The van der Waals surface area contributed by atoms with Gasteiger partial charge in [-0.2, -0.15) is 0 Å². The molecule has 0 saturated carbocycles. The summed E-state index contributed by atoms with van der Waals surface area (Å²) in [6.45, 7) is 10.6. The highest BCUT2D eigenvalue weighted by molar-refractivity contribution is 5.53. The molecule has 0 unspecified atom stereocenters. The highest BCUT2D eigenvalue weighted by Gasteiger charge is 2.07. The molecule has 1 N–H and O–H groups in total. The summed E-state index contributed by atoms with van der Waals surface area (Å²) in [6.07, 6.45) is 2.11. The van der Waals surface area contributed by atoms with E-state index < -0.39 is 0 Å². The van der Waals surface area contributed by atoms with Crippen molar-refractivity contribution in [3.8, 4) is 0 Å². The molecule has 0 aliphatic rings. The highest BCUT2D eigenvalue weighted by atomic mass is 15.2. The molecule has 1 aromatic carbocycles. The summed E-state index contributed by atoms with van der Waals surface area (Å²) in [6, 6.07) is 10.2. The van der Waals surface area contributed by atoms with E-state index in [2.05, 4.69) is 51.9 Å². The predicted molar refractivity (Wildman–Crippen MR) is 84.5 cm³/mol. The van der Waals surface area contributed by atoms with Gasteiger partial charge in [-0.3, -0.25) is 0 Å². The van der Waals surface area contributed by atoms with Gasteiger partial charge in [-0.25, -0.2) is 4.98 Å². The molecule has 0 aliphatic carbocycles. The van der Waals surface area contributed by atoms with Crippen LogP contribution in [0.15, 0.2) is 36.5 Å². The summed E-state index contributed by atoms with van der Waals surface area (Å²) in [4.78, 5) is 6.99. The minimum atomic E-state index is 0.917. The van der Waals surface area contributed by atoms with Gasteiger partial charge in [-0.1, -0.05) is 32.0 Å². The van der Waals surface area contributed by atoms with Crippen molar-refractivity contribution in [2.45, 2.75) is 27.3 Å². The minimum absolute atomic E-state index is 0.917. The molecule has 0 spiro atoms. The van der Waals surface area contributed by atoms with E-state index in [1.165, 1.54) is 0 Å². The number of benzene rings is 1. The number of nitrogens with zero attached hydrogens (tertiary/aromatic N) is 3. The topological polar surface area (TPSA) is 33.1 Å². The Morgan fingerprint density at radius 3 is 2.50 bits per heavy atom. The van der Waals surface area contributed by atoms with Crippen molar-refractivity contribution in [1.82, 2.24) is 14.5 Å². The molecule has 0 aliphatic heterocycles. The van der Waals surface area contributed by atoms with E-state index in [9.17, 15) is 0 Å².